The van der Waals surface area contributed by atoms with Crippen LogP contribution in [0.5, 0.6) is 0 Å². The Bertz CT molecular complexity index is 988. The van der Waals surface area contributed by atoms with E-state index >= 15 is 0 Å². The topological polar surface area (TPSA) is 41.9 Å². The second-order valence-electron chi connectivity index (χ2n) is 8.81. The van der Waals surface area contributed by atoms with Gasteiger partial charge in [-0.05, 0) is 44.3 Å². The van der Waals surface area contributed by atoms with E-state index in [1.54, 1.807) is 0 Å². The zero-order valence-corrected chi connectivity index (χ0v) is 21.3. The molecule has 4 nitrogen and oxygen atoms in total. The Morgan fingerprint density at radius 2 is 1.29 bits per heavy atom. The predicted octanol–water partition coefficient (Wildman–Crippen LogP) is 6.19. The monoisotopic (exact) mass is 470 g/mol. The first-order valence-electron chi connectivity index (χ1n) is 12.7. The van der Waals surface area contributed by atoms with Crippen molar-refractivity contribution < 1.29 is 9.53 Å². The highest BCUT2D eigenvalue weighted by Gasteiger charge is 2.33. The number of carbonyl (C=O) groups is 1. The van der Waals surface area contributed by atoms with Crippen molar-refractivity contribution in [2.45, 2.75) is 51.6 Å². The molecule has 3 aromatic rings. The van der Waals surface area contributed by atoms with Crippen LogP contribution in [-0.2, 0) is 16.0 Å². The van der Waals surface area contributed by atoms with E-state index in [9.17, 15) is 4.79 Å². The van der Waals surface area contributed by atoms with Gasteiger partial charge in [0.25, 0.3) is 0 Å². The number of ether oxygens (including phenoxy) is 1. The highest BCUT2D eigenvalue weighted by Crippen LogP contribution is 2.21. The first-order valence-corrected chi connectivity index (χ1v) is 12.7. The molecule has 4 heteroatoms. The maximum absolute atomic E-state index is 13.3. The minimum absolute atomic E-state index is 0.0648. The third kappa shape index (κ3) is 7.63. The summed E-state index contributed by atoms with van der Waals surface area (Å²) < 4.78 is 5.35. The number of aliphatic imine (C=N–C) groups is 1. The second kappa shape index (κ2) is 14.2. The van der Waals surface area contributed by atoms with Crippen LogP contribution in [0, 0.1) is 0 Å². The lowest BCUT2D eigenvalue weighted by Crippen LogP contribution is -2.48. The molecule has 0 saturated carbocycles. The SMILES string of the molecule is CCCN(CCC)C(CCc1ccccc1)C(N=C(c1ccccc1)c1ccccc1)C(=O)OC. The largest absolute Gasteiger partial charge is 0.467 e. The van der Waals surface area contributed by atoms with Crippen LogP contribution in [0.25, 0.3) is 0 Å². The van der Waals surface area contributed by atoms with E-state index in [1.807, 2.05) is 42.5 Å². The molecule has 0 amide bonds. The lowest BCUT2D eigenvalue weighted by Gasteiger charge is -2.34. The number of aryl methyl sites for hydroxylation is 1. The van der Waals surface area contributed by atoms with Gasteiger partial charge in [-0.1, -0.05) is 105 Å². The zero-order chi connectivity index (χ0) is 24.9. The molecule has 2 atom stereocenters. The molecule has 0 radical (unpaired) electrons. The summed E-state index contributed by atoms with van der Waals surface area (Å²) in [6.07, 6.45) is 3.74. The molecule has 0 aromatic heterocycles. The Morgan fingerprint density at radius 1 is 0.800 bits per heavy atom. The molecule has 0 bridgehead atoms. The summed E-state index contributed by atoms with van der Waals surface area (Å²) in [5, 5.41) is 0. The average Bonchev–Trinajstić information content (AvgIpc) is 2.91. The molecule has 0 aliphatic heterocycles. The fourth-order valence-corrected chi connectivity index (χ4v) is 4.58. The standard InChI is InChI=1S/C31H38N2O2/c1-4-23-33(24-5-2)28(22-21-25-15-9-6-10-16-25)30(31(34)35-3)32-29(26-17-11-7-12-18-26)27-19-13-8-14-20-27/h6-20,28,30H,4-5,21-24H2,1-3H3. The predicted molar refractivity (Wildman–Crippen MR) is 145 cm³/mol. The van der Waals surface area contributed by atoms with E-state index in [4.69, 9.17) is 9.73 Å². The summed E-state index contributed by atoms with van der Waals surface area (Å²) >= 11 is 0. The van der Waals surface area contributed by atoms with Gasteiger partial charge < -0.3 is 4.74 Å². The first kappa shape index (κ1) is 26.4. The lowest BCUT2D eigenvalue weighted by molar-refractivity contribution is -0.144. The van der Waals surface area contributed by atoms with Crippen LogP contribution in [0.4, 0.5) is 0 Å². The Hall–Kier alpha value is -3.24. The third-order valence-electron chi connectivity index (χ3n) is 6.23. The zero-order valence-electron chi connectivity index (χ0n) is 21.3. The van der Waals surface area contributed by atoms with E-state index in [0.717, 1.165) is 55.6 Å². The summed E-state index contributed by atoms with van der Waals surface area (Å²) in [6, 6.07) is 30.0. The van der Waals surface area contributed by atoms with Crippen LogP contribution in [0.2, 0.25) is 0 Å². The second-order valence-corrected chi connectivity index (χ2v) is 8.81. The lowest BCUT2D eigenvalue weighted by atomic mass is 9.96. The third-order valence-corrected chi connectivity index (χ3v) is 6.23. The van der Waals surface area contributed by atoms with E-state index in [1.165, 1.54) is 12.7 Å². The van der Waals surface area contributed by atoms with Crippen LogP contribution in [0.15, 0.2) is 96.0 Å². The van der Waals surface area contributed by atoms with Crippen LogP contribution < -0.4 is 0 Å². The van der Waals surface area contributed by atoms with Crippen molar-refractivity contribution in [2.75, 3.05) is 20.2 Å². The number of carbonyl (C=O) groups excluding carboxylic acids is 1. The molecule has 0 aliphatic carbocycles. The maximum atomic E-state index is 13.3. The normalized spacial score (nSPS) is 12.7. The summed E-state index contributed by atoms with van der Waals surface area (Å²) in [7, 11) is 1.47. The van der Waals surface area contributed by atoms with Gasteiger partial charge in [0.1, 0.15) is 0 Å². The molecule has 0 heterocycles. The average molecular weight is 471 g/mol. The van der Waals surface area contributed by atoms with E-state index in [2.05, 4.69) is 67.3 Å². The summed E-state index contributed by atoms with van der Waals surface area (Å²) in [5.41, 5.74) is 4.07. The van der Waals surface area contributed by atoms with Gasteiger partial charge in [-0.25, -0.2) is 4.79 Å². The summed E-state index contributed by atoms with van der Waals surface area (Å²) in [6.45, 7) is 6.21. The number of nitrogens with zero attached hydrogens (tertiary/aromatic N) is 2. The van der Waals surface area contributed by atoms with Gasteiger partial charge in [-0.2, -0.15) is 0 Å². The minimum atomic E-state index is -0.628. The fraction of sp³-hybridized carbons (Fsp3) is 0.355. The van der Waals surface area contributed by atoms with Gasteiger partial charge in [0, 0.05) is 17.2 Å². The molecule has 0 fully saturated rings. The van der Waals surface area contributed by atoms with Gasteiger partial charge >= 0.3 is 5.97 Å². The molecule has 3 rings (SSSR count). The first-order chi connectivity index (χ1) is 17.2. The Morgan fingerprint density at radius 3 is 1.74 bits per heavy atom. The Kier molecular flexibility index (Phi) is 10.7. The minimum Gasteiger partial charge on any atom is -0.467 e. The van der Waals surface area contributed by atoms with Gasteiger partial charge in [0.2, 0.25) is 0 Å². The van der Waals surface area contributed by atoms with E-state index in [0.29, 0.717) is 0 Å². The maximum Gasteiger partial charge on any atom is 0.332 e. The smallest absolute Gasteiger partial charge is 0.332 e. The quantitative estimate of drug-likeness (QED) is 0.221. The summed E-state index contributed by atoms with van der Waals surface area (Å²) in [5.74, 6) is -0.287. The molecule has 35 heavy (non-hydrogen) atoms. The molecule has 3 aromatic carbocycles. The van der Waals surface area contributed by atoms with Gasteiger partial charge in [-0.15, -0.1) is 0 Å². The van der Waals surface area contributed by atoms with Crippen molar-refractivity contribution in [3.63, 3.8) is 0 Å². The molecular weight excluding hydrogens is 432 g/mol. The van der Waals surface area contributed by atoms with Crippen molar-refractivity contribution in [3.8, 4) is 0 Å². The fourth-order valence-electron chi connectivity index (χ4n) is 4.58. The van der Waals surface area contributed by atoms with E-state index in [-0.39, 0.29) is 12.0 Å². The number of methoxy groups -OCH3 is 1. The van der Waals surface area contributed by atoms with Crippen molar-refractivity contribution >= 4 is 11.7 Å². The number of esters is 1. The number of hydrogen-bond acceptors (Lipinski definition) is 4. The molecular formula is C31H38N2O2. The molecule has 0 saturated heterocycles. The van der Waals surface area contributed by atoms with Crippen LogP contribution in [-0.4, -0.2) is 48.9 Å². The number of rotatable bonds is 13. The van der Waals surface area contributed by atoms with Gasteiger partial charge in [-0.3, -0.25) is 9.89 Å². The molecule has 184 valence electrons. The number of benzene rings is 3. The number of hydrogen-bond donors (Lipinski definition) is 0. The van der Waals surface area contributed by atoms with Crippen LogP contribution >= 0.6 is 0 Å². The highest BCUT2D eigenvalue weighted by atomic mass is 16.5. The molecule has 0 aliphatic rings. The Balaban J connectivity index is 2.09. The summed E-state index contributed by atoms with van der Waals surface area (Å²) in [4.78, 5) is 20.9. The van der Waals surface area contributed by atoms with Crippen molar-refractivity contribution in [1.82, 2.24) is 4.90 Å². The van der Waals surface area contributed by atoms with Crippen molar-refractivity contribution in [1.29, 1.82) is 0 Å². The van der Waals surface area contributed by atoms with Crippen molar-refractivity contribution in [3.05, 3.63) is 108 Å². The van der Waals surface area contributed by atoms with Gasteiger partial charge in [0.15, 0.2) is 6.04 Å². The van der Waals surface area contributed by atoms with Crippen LogP contribution in [0.1, 0.15) is 49.8 Å². The highest BCUT2D eigenvalue weighted by molar-refractivity contribution is 6.13. The van der Waals surface area contributed by atoms with E-state index < -0.39 is 6.04 Å². The Labute approximate surface area is 210 Å². The van der Waals surface area contributed by atoms with Gasteiger partial charge in [0.05, 0.1) is 12.8 Å². The van der Waals surface area contributed by atoms with Crippen LogP contribution in [0.3, 0.4) is 0 Å². The molecule has 2 unspecified atom stereocenters. The molecule has 0 N–H and O–H groups in total. The van der Waals surface area contributed by atoms with Crippen molar-refractivity contribution in [2.24, 2.45) is 4.99 Å². The molecule has 0 spiro atoms.